The SMILES string of the molecule is O=C(O)C=Cc1cccc2sc(C(=O)O)cc12. The molecule has 5 heteroatoms. The van der Waals surface area contributed by atoms with Gasteiger partial charge in [-0.05, 0) is 23.8 Å². The fourth-order valence-electron chi connectivity index (χ4n) is 1.50. The first-order valence-electron chi connectivity index (χ1n) is 4.75. The van der Waals surface area contributed by atoms with E-state index in [1.54, 1.807) is 18.2 Å². The summed E-state index contributed by atoms with van der Waals surface area (Å²) in [5.41, 5.74) is 0.702. The minimum Gasteiger partial charge on any atom is -0.478 e. The van der Waals surface area contributed by atoms with Crippen LogP contribution in [0.2, 0.25) is 0 Å². The zero-order chi connectivity index (χ0) is 12.4. The van der Waals surface area contributed by atoms with Gasteiger partial charge in [0.25, 0.3) is 0 Å². The van der Waals surface area contributed by atoms with Crippen LogP contribution >= 0.6 is 11.3 Å². The molecule has 2 rings (SSSR count). The second kappa shape index (κ2) is 4.39. The molecule has 0 atom stereocenters. The zero-order valence-corrected chi connectivity index (χ0v) is 9.40. The lowest BCUT2D eigenvalue weighted by atomic mass is 10.1. The highest BCUT2D eigenvalue weighted by molar-refractivity contribution is 7.20. The van der Waals surface area contributed by atoms with Crippen molar-refractivity contribution in [1.29, 1.82) is 0 Å². The first kappa shape index (κ1) is 11.3. The van der Waals surface area contributed by atoms with Crippen LogP contribution in [0.25, 0.3) is 16.2 Å². The number of carbonyl (C=O) groups is 2. The third-order valence-electron chi connectivity index (χ3n) is 2.21. The molecule has 2 N–H and O–H groups in total. The van der Waals surface area contributed by atoms with Gasteiger partial charge in [-0.25, -0.2) is 9.59 Å². The van der Waals surface area contributed by atoms with E-state index in [4.69, 9.17) is 10.2 Å². The number of hydrogen-bond acceptors (Lipinski definition) is 3. The number of thiophene rings is 1. The minimum atomic E-state index is -1.03. The van der Waals surface area contributed by atoms with Crippen LogP contribution < -0.4 is 0 Å². The lowest BCUT2D eigenvalue weighted by Crippen LogP contribution is -1.89. The predicted octanol–water partition coefficient (Wildman–Crippen LogP) is 2.70. The summed E-state index contributed by atoms with van der Waals surface area (Å²) in [4.78, 5) is 21.5. The lowest BCUT2D eigenvalue weighted by Gasteiger charge is -1.94. The van der Waals surface area contributed by atoms with E-state index in [2.05, 4.69) is 0 Å². The van der Waals surface area contributed by atoms with Crippen LogP contribution in [0.3, 0.4) is 0 Å². The summed E-state index contributed by atoms with van der Waals surface area (Å²) < 4.78 is 0.829. The highest BCUT2D eigenvalue weighted by atomic mass is 32.1. The Bertz CT molecular complexity index is 624. The molecule has 0 amide bonds. The molecule has 0 aliphatic heterocycles. The predicted molar refractivity (Wildman–Crippen MR) is 65.5 cm³/mol. The molecular weight excluding hydrogens is 240 g/mol. The molecular formula is C12H8O4S. The molecule has 0 aliphatic carbocycles. The third kappa shape index (κ3) is 2.34. The smallest absolute Gasteiger partial charge is 0.345 e. The molecule has 2 aromatic rings. The van der Waals surface area contributed by atoms with Crippen LogP contribution in [-0.2, 0) is 4.79 Å². The molecule has 1 heterocycles. The standard InChI is InChI=1S/C12H8O4S/c13-11(14)5-4-7-2-1-3-9-8(7)6-10(17-9)12(15)16/h1-6H,(H,13,14)(H,15,16). The van der Waals surface area contributed by atoms with E-state index in [1.807, 2.05) is 6.07 Å². The van der Waals surface area contributed by atoms with Crippen LogP contribution in [0.4, 0.5) is 0 Å². The van der Waals surface area contributed by atoms with Gasteiger partial charge in [0.1, 0.15) is 4.88 Å². The Hall–Kier alpha value is -2.14. The van der Waals surface area contributed by atoms with Crippen molar-refractivity contribution in [3.63, 3.8) is 0 Å². The highest BCUT2D eigenvalue weighted by Gasteiger charge is 2.09. The summed E-state index contributed by atoms with van der Waals surface area (Å²) in [6.07, 6.45) is 2.50. The molecule has 0 bridgehead atoms. The summed E-state index contributed by atoms with van der Waals surface area (Å²) in [7, 11) is 0. The van der Waals surface area contributed by atoms with Crippen LogP contribution in [0, 0.1) is 0 Å². The fraction of sp³-hybridized carbons (Fsp3) is 0. The van der Waals surface area contributed by atoms with Gasteiger partial charge in [0.05, 0.1) is 0 Å². The summed E-state index contributed by atoms with van der Waals surface area (Å²) in [6, 6.07) is 6.89. The number of benzene rings is 1. The van der Waals surface area contributed by atoms with Crippen LogP contribution in [0.5, 0.6) is 0 Å². The van der Waals surface area contributed by atoms with E-state index >= 15 is 0 Å². The molecule has 0 radical (unpaired) electrons. The van der Waals surface area contributed by atoms with Crippen molar-refractivity contribution in [2.24, 2.45) is 0 Å². The Kier molecular flexibility index (Phi) is 2.93. The maximum absolute atomic E-state index is 10.8. The number of hydrogen-bond donors (Lipinski definition) is 2. The summed E-state index contributed by atoms with van der Waals surface area (Å²) in [6.45, 7) is 0. The monoisotopic (exact) mass is 248 g/mol. The normalized spacial score (nSPS) is 11.1. The average Bonchev–Trinajstić information content (AvgIpc) is 2.70. The number of carboxylic acid groups (broad SMARTS) is 2. The molecule has 0 fully saturated rings. The first-order chi connectivity index (χ1) is 8.08. The molecule has 1 aromatic carbocycles. The third-order valence-corrected chi connectivity index (χ3v) is 3.30. The van der Waals surface area contributed by atoms with Crippen LogP contribution in [-0.4, -0.2) is 22.2 Å². The molecule has 86 valence electrons. The van der Waals surface area contributed by atoms with Gasteiger partial charge >= 0.3 is 11.9 Å². The molecule has 0 spiro atoms. The molecule has 0 aliphatic rings. The van der Waals surface area contributed by atoms with Crippen LogP contribution in [0.15, 0.2) is 30.3 Å². The summed E-state index contributed by atoms with van der Waals surface area (Å²) >= 11 is 1.17. The molecule has 0 saturated heterocycles. The molecule has 1 aromatic heterocycles. The number of rotatable bonds is 3. The Balaban J connectivity index is 2.56. The van der Waals surface area contributed by atoms with Gasteiger partial charge in [0.15, 0.2) is 0 Å². The topological polar surface area (TPSA) is 74.6 Å². The Labute approximate surface area is 100 Å². The van der Waals surface area contributed by atoms with Crippen LogP contribution in [0.1, 0.15) is 15.2 Å². The van der Waals surface area contributed by atoms with Gasteiger partial charge < -0.3 is 10.2 Å². The quantitative estimate of drug-likeness (QED) is 0.819. The van der Waals surface area contributed by atoms with E-state index in [9.17, 15) is 9.59 Å². The number of aliphatic carboxylic acids is 1. The van der Waals surface area contributed by atoms with Crippen molar-refractivity contribution in [1.82, 2.24) is 0 Å². The number of carboxylic acids is 2. The average molecular weight is 248 g/mol. The summed E-state index contributed by atoms with van der Waals surface area (Å²) in [5, 5.41) is 18.2. The van der Waals surface area contributed by atoms with Gasteiger partial charge in [0, 0.05) is 16.2 Å². The largest absolute Gasteiger partial charge is 0.478 e. The maximum atomic E-state index is 10.8. The van der Waals surface area contributed by atoms with Crippen molar-refractivity contribution >= 4 is 39.4 Å². The Morgan fingerprint density at radius 2 is 2.00 bits per heavy atom. The van der Waals surface area contributed by atoms with Gasteiger partial charge in [-0.3, -0.25) is 0 Å². The van der Waals surface area contributed by atoms with Gasteiger partial charge in [-0.15, -0.1) is 11.3 Å². The Morgan fingerprint density at radius 3 is 2.65 bits per heavy atom. The second-order valence-electron chi connectivity index (χ2n) is 3.35. The van der Waals surface area contributed by atoms with E-state index in [-0.39, 0.29) is 4.88 Å². The zero-order valence-electron chi connectivity index (χ0n) is 8.58. The number of fused-ring (bicyclic) bond motifs is 1. The highest BCUT2D eigenvalue weighted by Crippen LogP contribution is 2.29. The van der Waals surface area contributed by atoms with E-state index in [0.29, 0.717) is 5.56 Å². The van der Waals surface area contributed by atoms with Crippen molar-refractivity contribution in [3.8, 4) is 0 Å². The van der Waals surface area contributed by atoms with Gasteiger partial charge in [-0.1, -0.05) is 12.1 Å². The van der Waals surface area contributed by atoms with E-state index in [1.165, 1.54) is 17.4 Å². The summed E-state index contributed by atoms with van der Waals surface area (Å²) in [5.74, 6) is -2.00. The van der Waals surface area contributed by atoms with Gasteiger partial charge in [-0.2, -0.15) is 0 Å². The fourth-order valence-corrected chi connectivity index (χ4v) is 2.43. The van der Waals surface area contributed by atoms with E-state index in [0.717, 1.165) is 16.2 Å². The maximum Gasteiger partial charge on any atom is 0.345 e. The Morgan fingerprint density at radius 1 is 1.24 bits per heavy atom. The molecule has 0 unspecified atom stereocenters. The number of aromatic carboxylic acids is 1. The van der Waals surface area contributed by atoms with E-state index < -0.39 is 11.9 Å². The molecule has 4 nitrogen and oxygen atoms in total. The van der Waals surface area contributed by atoms with Crippen molar-refractivity contribution in [2.75, 3.05) is 0 Å². The lowest BCUT2D eigenvalue weighted by molar-refractivity contribution is -0.131. The van der Waals surface area contributed by atoms with Crippen molar-refractivity contribution < 1.29 is 19.8 Å². The van der Waals surface area contributed by atoms with Crippen molar-refractivity contribution in [2.45, 2.75) is 0 Å². The first-order valence-corrected chi connectivity index (χ1v) is 5.56. The van der Waals surface area contributed by atoms with Crippen molar-refractivity contribution in [3.05, 3.63) is 40.8 Å². The van der Waals surface area contributed by atoms with Gasteiger partial charge in [0.2, 0.25) is 0 Å². The molecule has 0 saturated carbocycles. The molecule has 17 heavy (non-hydrogen) atoms. The minimum absolute atomic E-state index is 0.246. The second-order valence-corrected chi connectivity index (χ2v) is 4.43.